The van der Waals surface area contributed by atoms with Crippen molar-refractivity contribution in [2.45, 2.75) is 31.5 Å². The van der Waals surface area contributed by atoms with Crippen LogP contribution in [0.5, 0.6) is 0 Å². The molecule has 1 aliphatic rings. The molecule has 3 aromatic heterocycles. The maximum atomic E-state index is 15.1. The Kier molecular flexibility index (Phi) is 9.13. The summed E-state index contributed by atoms with van der Waals surface area (Å²) in [5.74, 6) is -3.46. The van der Waals surface area contributed by atoms with Crippen LogP contribution in [0.15, 0.2) is 66.9 Å². The number of aliphatic hydroxyl groups excluding tert-OH is 1. The van der Waals surface area contributed by atoms with E-state index in [0.29, 0.717) is 42.9 Å². The van der Waals surface area contributed by atoms with Gasteiger partial charge in [0.2, 0.25) is 11.7 Å². The van der Waals surface area contributed by atoms with Gasteiger partial charge in [0.25, 0.3) is 0 Å². The van der Waals surface area contributed by atoms with Crippen LogP contribution in [0.3, 0.4) is 0 Å². The first-order valence-electron chi connectivity index (χ1n) is 15.4. The molecule has 4 heterocycles. The molecule has 3 N–H and O–H groups in total. The zero-order valence-electron chi connectivity index (χ0n) is 26.5. The van der Waals surface area contributed by atoms with Crippen LogP contribution in [-0.2, 0) is 22.8 Å². The highest BCUT2D eigenvalue weighted by molar-refractivity contribution is 6.09. The molecule has 0 radical (unpaired) electrons. The van der Waals surface area contributed by atoms with Crippen molar-refractivity contribution >= 4 is 33.9 Å². The minimum Gasteiger partial charge on any atom is -0.394 e. The number of rotatable bonds is 9. The van der Waals surface area contributed by atoms with E-state index in [1.54, 1.807) is 18.5 Å². The van der Waals surface area contributed by atoms with E-state index in [2.05, 4.69) is 15.6 Å². The molecule has 1 amide bonds. The highest BCUT2D eigenvalue weighted by Crippen LogP contribution is 2.41. The van der Waals surface area contributed by atoms with Gasteiger partial charge in [0.15, 0.2) is 0 Å². The topological polar surface area (TPSA) is 110 Å². The standard InChI is InChI=1S/C35H32F5N5O4/c1-20-42-27-17-23(24(35(38,39)40)18-30(27)44(20)2)22-5-4-12-45-28(22)7-8-29(45)33(48)21-15-25(36)32(26(37)16-21)43-31(47)6-3-11-41-34(19-46)9-13-49-14-10-34/h3-8,12,15-18,41,46H,9-11,13-14,19H2,1-2H3,(H,43,47)/b6-3+. The molecule has 49 heavy (non-hydrogen) atoms. The average molecular weight is 682 g/mol. The summed E-state index contributed by atoms with van der Waals surface area (Å²) >= 11 is 0. The largest absolute Gasteiger partial charge is 0.417 e. The molecule has 0 unspecified atom stereocenters. The van der Waals surface area contributed by atoms with Crippen LogP contribution in [0.4, 0.5) is 27.6 Å². The number of hydrogen-bond donors (Lipinski definition) is 3. The second-order valence-electron chi connectivity index (χ2n) is 12.0. The number of ketones is 1. The van der Waals surface area contributed by atoms with Crippen molar-refractivity contribution in [2.24, 2.45) is 7.05 Å². The summed E-state index contributed by atoms with van der Waals surface area (Å²) in [5.41, 5.74) is -1.61. The smallest absolute Gasteiger partial charge is 0.394 e. The lowest BCUT2D eigenvalue weighted by atomic mass is 9.91. The molecule has 5 aromatic rings. The van der Waals surface area contributed by atoms with Crippen LogP contribution in [0, 0.1) is 18.6 Å². The van der Waals surface area contributed by atoms with Crippen molar-refractivity contribution in [3.05, 3.63) is 101 Å². The molecule has 1 fully saturated rings. The van der Waals surface area contributed by atoms with E-state index in [1.165, 1.54) is 47.0 Å². The van der Waals surface area contributed by atoms with E-state index >= 15 is 8.78 Å². The predicted molar refractivity (Wildman–Crippen MR) is 172 cm³/mol. The lowest BCUT2D eigenvalue weighted by Gasteiger charge is -2.36. The zero-order chi connectivity index (χ0) is 35.1. The van der Waals surface area contributed by atoms with Gasteiger partial charge >= 0.3 is 6.18 Å². The average Bonchev–Trinajstić information content (AvgIpc) is 3.63. The van der Waals surface area contributed by atoms with Crippen LogP contribution in [0.1, 0.15) is 40.3 Å². The number of ether oxygens (including phenoxy) is 1. The van der Waals surface area contributed by atoms with Gasteiger partial charge in [-0.15, -0.1) is 0 Å². The highest BCUT2D eigenvalue weighted by Gasteiger charge is 2.35. The molecular formula is C35H32F5N5O4. The number of alkyl halides is 3. The molecule has 2 aromatic carbocycles. The number of nitrogens with zero attached hydrogens (tertiary/aromatic N) is 3. The van der Waals surface area contributed by atoms with E-state index in [1.807, 2.05) is 0 Å². The number of carbonyl (C=O) groups excluding carboxylic acids is 2. The van der Waals surface area contributed by atoms with Crippen LogP contribution in [-0.4, -0.2) is 62.7 Å². The van der Waals surface area contributed by atoms with Gasteiger partial charge in [-0.05, 0) is 67.8 Å². The van der Waals surface area contributed by atoms with Gasteiger partial charge in [-0.25, -0.2) is 13.8 Å². The minimum absolute atomic E-state index is 0.0450. The monoisotopic (exact) mass is 681 g/mol. The number of nitrogens with one attached hydrogen (secondary N) is 2. The number of aromatic nitrogens is 3. The number of aryl methyl sites for hydroxylation is 2. The molecule has 0 spiro atoms. The Morgan fingerprint density at radius 3 is 2.43 bits per heavy atom. The summed E-state index contributed by atoms with van der Waals surface area (Å²) in [5, 5.41) is 15.1. The van der Waals surface area contributed by atoms with Gasteiger partial charge in [-0.2, -0.15) is 13.2 Å². The lowest BCUT2D eigenvalue weighted by Crippen LogP contribution is -2.52. The maximum absolute atomic E-state index is 15.1. The molecule has 256 valence electrons. The first kappa shape index (κ1) is 34.0. The fraction of sp³-hybridized carbons (Fsp3) is 0.286. The number of hydrogen-bond acceptors (Lipinski definition) is 6. The van der Waals surface area contributed by atoms with Crippen molar-refractivity contribution in [2.75, 3.05) is 31.7 Å². The van der Waals surface area contributed by atoms with E-state index in [0.717, 1.165) is 24.3 Å². The molecule has 14 heteroatoms. The number of imidazole rings is 1. The Bertz CT molecular complexity index is 2090. The van der Waals surface area contributed by atoms with Gasteiger partial charge in [0.05, 0.1) is 34.4 Å². The molecule has 0 bridgehead atoms. The molecule has 9 nitrogen and oxygen atoms in total. The van der Waals surface area contributed by atoms with Crippen LogP contribution in [0.2, 0.25) is 0 Å². The fourth-order valence-electron chi connectivity index (χ4n) is 6.10. The number of anilines is 1. The van der Waals surface area contributed by atoms with Crippen LogP contribution in [0.25, 0.3) is 27.7 Å². The second kappa shape index (κ2) is 13.2. The molecule has 0 aliphatic carbocycles. The third-order valence-electron chi connectivity index (χ3n) is 8.93. The molecule has 0 saturated carbocycles. The van der Waals surface area contributed by atoms with Gasteiger partial charge in [-0.3, -0.25) is 9.59 Å². The summed E-state index contributed by atoms with van der Waals surface area (Å²) < 4.78 is 81.4. The first-order valence-corrected chi connectivity index (χ1v) is 15.4. The normalized spacial score (nSPS) is 15.0. The summed E-state index contributed by atoms with van der Waals surface area (Å²) in [4.78, 5) is 30.3. The molecule has 1 aliphatic heterocycles. The van der Waals surface area contributed by atoms with E-state index in [-0.39, 0.29) is 41.1 Å². The number of halogens is 5. The van der Waals surface area contributed by atoms with Gasteiger partial charge in [-0.1, -0.05) is 12.1 Å². The highest BCUT2D eigenvalue weighted by atomic mass is 19.4. The third kappa shape index (κ3) is 6.58. The summed E-state index contributed by atoms with van der Waals surface area (Å²) in [6.45, 7) is 2.77. The Labute approximate surface area is 277 Å². The summed E-state index contributed by atoms with van der Waals surface area (Å²) in [6.07, 6.45) is 0.492. The van der Waals surface area contributed by atoms with Crippen molar-refractivity contribution in [1.29, 1.82) is 0 Å². The van der Waals surface area contributed by atoms with E-state index in [4.69, 9.17) is 4.74 Å². The number of benzene rings is 2. The van der Waals surface area contributed by atoms with Crippen molar-refractivity contribution < 1.29 is 41.4 Å². The third-order valence-corrected chi connectivity index (χ3v) is 8.93. The molecule has 6 rings (SSSR count). The number of aliphatic hydroxyl groups is 1. The molecule has 1 saturated heterocycles. The quantitative estimate of drug-likeness (QED) is 0.101. The Morgan fingerprint density at radius 1 is 1.04 bits per heavy atom. The minimum atomic E-state index is -4.70. The Hall–Kier alpha value is -4.92. The van der Waals surface area contributed by atoms with Gasteiger partial charge in [0.1, 0.15) is 23.1 Å². The van der Waals surface area contributed by atoms with Gasteiger partial charge < -0.3 is 29.4 Å². The van der Waals surface area contributed by atoms with Crippen molar-refractivity contribution in [3.63, 3.8) is 0 Å². The number of pyridine rings is 1. The molecular weight excluding hydrogens is 649 g/mol. The van der Waals surface area contributed by atoms with Gasteiger partial charge in [0, 0.05) is 55.7 Å². The number of amides is 1. The molecule has 0 atom stereocenters. The van der Waals surface area contributed by atoms with Crippen molar-refractivity contribution in [3.8, 4) is 11.1 Å². The Morgan fingerprint density at radius 2 is 1.76 bits per heavy atom. The summed E-state index contributed by atoms with van der Waals surface area (Å²) in [7, 11) is 1.63. The summed E-state index contributed by atoms with van der Waals surface area (Å²) in [6, 6.07) is 9.76. The Balaban J connectivity index is 1.24. The fourth-order valence-corrected chi connectivity index (χ4v) is 6.10. The van der Waals surface area contributed by atoms with Crippen LogP contribution >= 0.6 is 0 Å². The number of fused-ring (bicyclic) bond motifs is 2. The second-order valence-corrected chi connectivity index (χ2v) is 12.0. The zero-order valence-corrected chi connectivity index (χ0v) is 26.5. The van der Waals surface area contributed by atoms with E-state index < -0.39 is 46.3 Å². The SMILES string of the molecule is Cc1nc2cc(-c3cccn4c(C(=O)c5cc(F)c(NC(=O)/C=C/CNC6(CO)CCOCC6)c(F)c5)ccc34)c(C(F)(F)F)cc2n1C. The van der Waals surface area contributed by atoms with Crippen LogP contribution < -0.4 is 10.6 Å². The first-order chi connectivity index (χ1) is 23.3. The predicted octanol–water partition coefficient (Wildman–Crippen LogP) is 5.96. The lowest BCUT2D eigenvalue weighted by molar-refractivity contribution is -0.137. The van der Waals surface area contributed by atoms with Crippen molar-refractivity contribution in [1.82, 2.24) is 19.3 Å². The van der Waals surface area contributed by atoms with E-state index in [9.17, 15) is 27.9 Å². The maximum Gasteiger partial charge on any atom is 0.417 e. The number of carbonyl (C=O) groups is 2.